The van der Waals surface area contributed by atoms with Gasteiger partial charge in [-0.25, -0.2) is 8.91 Å². The molecule has 2 aromatic heterocycles. The molecule has 3 aromatic carbocycles. The fourth-order valence-corrected chi connectivity index (χ4v) is 5.11. The van der Waals surface area contributed by atoms with E-state index in [0.29, 0.717) is 55.2 Å². The molecular weight excluding hydrogens is 577 g/mol. The van der Waals surface area contributed by atoms with Crippen molar-refractivity contribution >= 4 is 35.0 Å². The van der Waals surface area contributed by atoms with Gasteiger partial charge in [0.25, 0.3) is 11.8 Å². The first-order valence-electron chi connectivity index (χ1n) is 14.4. The molecule has 5 aromatic rings. The molecule has 0 radical (unpaired) electrons. The number of hydrogen-bond donors (Lipinski definition) is 3. The van der Waals surface area contributed by atoms with Gasteiger partial charge in [0, 0.05) is 62.5 Å². The minimum absolute atomic E-state index is 0.0106. The van der Waals surface area contributed by atoms with Crippen LogP contribution in [0.25, 0.3) is 16.8 Å². The maximum Gasteiger partial charge on any atom is 0.254 e. The zero-order valence-corrected chi connectivity index (χ0v) is 24.4. The first-order chi connectivity index (χ1) is 21.7. The molecular formula is C33H30FN7O4. The fraction of sp³-hybridized carbons (Fsp3) is 0.182. The van der Waals surface area contributed by atoms with Crippen LogP contribution in [-0.2, 0) is 11.3 Å². The summed E-state index contributed by atoms with van der Waals surface area (Å²) < 4.78 is 14.7. The van der Waals surface area contributed by atoms with E-state index in [4.69, 9.17) is 0 Å². The quantitative estimate of drug-likeness (QED) is 0.236. The van der Waals surface area contributed by atoms with Crippen LogP contribution in [0.3, 0.4) is 0 Å². The Kier molecular flexibility index (Phi) is 8.10. The van der Waals surface area contributed by atoms with Gasteiger partial charge in [-0.1, -0.05) is 24.3 Å². The van der Waals surface area contributed by atoms with Gasteiger partial charge in [0.1, 0.15) is 11.6 Å². The number of carbonyl (C=O) groups excluding carboxylic acids is 3. The summed E-state index contributed by atoms with van der Waals surface area (Å²) in [6.07, 6.45) is 1.81. The lowest BCUT2D eigenvalue weighted by atomic mass is 10.1. The Labute approximate surface area is 257 Å². The van der Waals surface area contributed by atoms with Crippen LogP contribution in [0.2, 0.25) is 0 Å². The van der Waals surface area contributed by atoms with E-state index in [2.05, 4.69) is 20.7 Å². The molecule has 1 aliphatic heterocycles. The number of aromatic nitrogens is 3. The standard InChI is InChI=1S/C33H30FN7O4/c1-21(42)39-14-16-40(17-15-39)32(45)25-8-12-28(29(43)18-25)36-33-37-30-13-9-26(20-41(30)38-33)23-4-6-24(7-5-23)31(44)35-19-22-2-10-27(34)11-3-22/h2-13,18,20,43H,14-17,19H2,1H3,(H,35,44)(H,36,38). The van der Waals surface area contributed by atoms with Gasteiger partial charge in [-0.3, -0.25) is 14.4 Å². The Morgan fingerprint density at radius 3 is 2.20 bits per heavy atom. The van der Waals surface area contributed by atoms with Crippen LogP contribution in [0, 0.1) is 5.82 Å². The summed E-state index contributed by atoms with van der Waals surface area (Å²) >= 11 is 0. The van der Waals surface area contributed by atoms with E-state index in [1.165, 1.54) is 25.1 Å². The van der Waals surface area contributed by atoms with Crippen molar-refractivity contribution in [3.8, 4) is 16.9 Å². The molecule has 45 heavy (non-hydrogen) atoms. The number of piperazine rings is 1. The van der Waals surface area contributed by atoms with E-state index in [1.807, 2.05) is 30.5 Å². The van der Waals surface area contributed by atoms with Gasteiger partial charge in [0.05, 0.1) is 5.69 Å². The SMILES string of the molecule is CC(=O)N1CCN(C(=O)c2ccc(Nc3nc4ccc(-c5ccc(C(=O)NCc6ccc(F)cc6)cc5)cn4n3)c(O)c2)CC1. The van der Waals surface area contributed by atoms with Crippen LogP contribution < -0.4 is 10.6 Å². The second-order valence-electron chi connectivity index (χ2n) is 10.7. The number of anilines is 2. The monoisotopic (exact) mass is 607 g/mol. The minimum Gasteiger partial charge on any atom is -0.506 e. The maximum atomic E-state index is 13.1. The Balaban J connectivity index is 1.09. The summed E-state index contributed by atoms with van der Waals surface area (Å²) in [5, 5.41) is 21.0. The molecule has 0 atom stereocenters. The van der Waals surface area contributed by atoms with E-state index in [0.717, 1.165) is 16.7 Å². The maximum absolute atomic E-state index is 13.1. The summed E-state index contributed by atoms with van der Waals surface area (Å²) in [6, 6.07) is 21.5. The molecule has 3 heterocycles. The molecule has 0 spiro atoms. The van der Waals surface area contributed by atoms with Crippen LogP contribution in [0.5, 0.6) is 5.75 Å². The highest BCUT2D eigenvalue weighted by Gasteiger charge is 2.24. The van der Waals surface area contributed by atoms with Gasteiger partial charge in [-0.15, -0.1) is 5.10 Å². The largest absolute Gasteiger partial charge is 0.506 e. The van der Waals surface area contributed by atoms with Crippen LogP contribution in [0.4, 0.5) is 16.0 Å². The van der Waals surface area contributed by atoms with Crippen molar-refractivity contribution in [3.05, 3.63) is 108 Å². The molecule has 1 saturated heterocycles. The number of benzene rings is 3. The predicted molar refractivity (Wildman–Crippen MR) is 166 cm³/mol. The zero-order valence-electron chi connectivity index (χ0n) is 24.4. The fourth-order valence-electron chi connectivity index (χ4n) is 5.11. The number of halogens is 1. The van der Waals surface area contributed by atoms with E-state index < -0.39 is 0 Å². The average Bonchev–Trinajstić information content (AvgIpc) is 3.47. The Hall–Kier alpha value is -5.78. The number of nitrogens with one attached hydrogen (secondary N) is 2. The zero-order chi connectivity index (χ0) is 31.5. The third-order valence-electron chi connectivity index (χ3n) is 7.68. The van der Waals surface area contributed by atoms with Gasteiger partial charge in [-0.05, 0) is 65.7 Å². The first kappa shape index (κ1) is 29.3. The Morgan fingerprint density at radius 2 is 1.51 bits per heavy atom. The second kappa shape index (κ2) is 12.4. The first-order valence-corrected chi connectivity index (χ1v) is 14.4. The van der Waals surface area contributed by atoms with Crippen molar-refractivity contribution in [1.29, 1.82) is 0 Å². The lowest BCUT2D eigenvalue weighted by Crippen LogP contribution is -2.50. The highest BCUT2D eigenvalue weighted by Crippen LogP contribution is 2.28. The summed E-state index contributed by atoms with van der Waals surface area (Å²) in [5.41, 5.74) is 4.29. The molecule has 6 rings (SSSR count). The molecule has 0 bridgehead atoms. The van der Waals surface area contributed by atoms with Crippen LogP contribution in [-0.4, -0.2) is 73.4 Å². The van der Waals surface area contributed by atoms with E-state index in [-0.39, 0.29) is 35.2 Å². The topological polar surface area (TPSA) is 132 Å². The summed E-state index contributed by atoms with van der Waals surface area (Å²) in [4.78, 5) is 44.9. The summed E-state index contributed by atoms with van der Waals surface area (Å²) in [7, 11) is 0. The van der Waals surface area contributed by atoms with Crippen molar-refractivity contribution in [1.82, 2.24) is 29.7 Å². The highest BCUT2D eigenvalue weighted by atomic mass is 19.1. The predicted octanol–water partition coefficient (Wildman–Crippen LogP) is 4.22. The number of carbonyl (C=O) groups is 3. The van der Waals surface area contributed by atoms with Crippen molar-refractivity contribution in [2.45, 2.75) is 13.5 Å². The third kappa shape index (κ3) is 6.59. The van der Waals surface area contributed by atoms with E-state index in [9.17, 15) is 23.9 Å². The number of nitrogens with zero attached hydrogens (tertiary/aromatic N) is 5. The minimum atomic E-state index is -0.324. The van der Waals surface area contributed by atoms with Gasteiger partial charge in [-0.2, -0.15) is 4.98 Å². The average molecular weight is 608 g/mol. The lowest BCUT2D eigenvalue weighted by Gasteiger charge is -2.34. The van der Waals surface area contributed by atoms with Crippen molar-refractivity contribution in [2.24, 2.45) is 0 Å². The number of phenols is 1. The Bertz CT molecular complexity index is 1880. The van der Waals surface area contributed by atoms with Crippen LogP contribution >= 0.6 is 0 Å². The van der Waals surface area contributed by atoms with Crippen molar-refractivity contribution in [3.63, 3.8) is 0 Å². The molecule has 3 amide bonds. The van der Waals surface area contributed by atoms with E-state index in [1.54, 1.807) is 50.7 Å². The molecule has 0 saturated carbocycles. The molecule has 3 N–H and O–H groups in total. The van der Waals surface area contributed by atoms with Crippen LogP contribution in [0.15, 0.2) is 85.1 Å². The van der Waals surface area contributed by atoms with Crippen LogP contribution in [0.1, 0.15) is 33.2 Å². The number of phenolic OH excluding ortho intramolecular Hbond substituents is 1. The number of amides is 3. The van der Waals surface area contributed by atoms with Gasteiger partial charge in [0.2, 0.25) is 11.9 Å². The second-order valence-corrected chi connectivity index (χ2v) is 10.7. The molecule has 11 nitrogen and oxygen atoms in total. The molecule has 0 aliphatic carbocycles. The molecule has 12 heteroatoms. The van der Waals surface area contributed by atoms with Crippen molar-refractivity contribution < 1.29 is 23.9 Å². The number of fused-ring (bicyclic) bond motifs is 1. The molecule has 1 aliphatic rings. The molecule has 1 fully saturated rings. The van der Waals surface area contributed by atoms with Crippen molar-refractivity contribution in [2.75, 3.05) is 31.5 Å². The Morgan fingerprint density at radius 1 is 0.844 bits per heavy atom. The third-order valence-corrected chi connectivity index (χ3v) is 7.68. The smallest absolute Gasteiger partial charge is 0.254 e. The number of pyridine rings is 1. The summed E-state index contributed by atoms with van der Waals surface area (Å²) in [6.45, 7) is 3.64. The van der Waals surface area contributed by atoms with E-state index >= 15 is 0 Å². The lowest BCUT2D eigenvalue weighted by molar-refractivity contribution is -0.130. The van der Waals surface area contributed by atoms with Gasteiger partial charge >= 0.3 is 0 Å². The number of hydrogen-bond acceptors (Lipinski definition) is 7. The summed E-state index contributed by atoms with van der Waals surface area (Å²) in [5.74, 6) is -0.642. The highest BCUT2D eigenvalue weighted by molar-refractivity contribution is 5.96. The molecule has 228 valence electrons. The normalized spacial score (nSPS) is 13.1. The number of aromatic hydroxyl groups is 1. The molecule has 0 unspecified atom stereocenters. The number of rotatable bonds is 7. The van der Waals surface area contributed by atoms with Gasteiger partial charge in [0.15, 0.2) is 5.65 Å². The van der Waals surface area contributed by atoms with Gasteiger partial charge < -0.3 is 25.5 Å².